The van der Waals surface area contributed by atoms with Crippen molar-refractivity contribution in [2.24, 2.45) is 10.5 Å². The third-order valence-corrected chi connectivity index (χ3v) is 8.86. The van der Waals surface area contributed by atoms with Crippen LogP contribution in [0.4, 0.5) is 23.7 Å². The lowest BCUT2D eigenvalue weighted by Crippen LogP contribution is -2.51. The van der Waals surface area contributed by atoms with Gasteiger partial charge in [-0.05, 0) is 74.8 Å². The Labute approximate surface area is 271 Å². The van der Waals surface area contributed by atoms with Crippen LogP contribution < -0.4 is 10.5 Å². The number of rotatable bonds is 6. The second kappa shape index (κ2) is 12.6. The first-order valence-corrected chi connectivity index (χ1v) is 15.7. The average Bonchev–Trinajstić information content (AvgIpc) is 3.62. The molecule has 1 saturated carbocycles. The Morgan fingerprint density at radius 2 is 1.66 bits per heavy atom. The van der Waals surface area contributed by atoms with Crippen LogP contribution in [0.5, 0.6) is 0 Å². The Kier molecular flexibility index (Phi) is 8.75. The molecule has 1 aliphatic carbocycles. The molecule has 2 fully saturated rings. The van der Waals surface area contributed by atoms with Crippen molar-refractivity contribution in [2.45, 2.75) is 76.8 Å². The van der Waals surface area contributed by atoms with E-state index in [9.17, 15) is 22.8 Å². The number of Topliss-reactive ketones (excluding diaryl/α,β-unsaturated/α-hetero) is 1. The first-order chi connectivity index (χ1) is 22.4. The number of nitrogens with zero attached hydrogens (tertiary/aromatic N) is 4. The molecule has 248 valence electrons. The Balaban J connectivity index is 1.31. The van der Waals surface area contributed by atoms with Gasteiger partial charge in [0.25, 0.3) is 5.84 Å². The molecule has 3 aromatic carbocycles. The Hall–Kier alpha value is -4.42. The molecule has 1 saturated heterocycles. The standard InChI is InChI=1S/C35H38F3N5O4/c1-33(2,3)47-32(45)41-19-11-18-34(30(41)25-14-8-5-9-15-25)22-27(21-29(34)44)26-16-10-17-28(20-26)42-31(35(36,37)38)39-40-43(42)46-23-24-12-6-4-7-13-24/h4-10,12-17,20,27,30,40H,11,18-19,21-23H2,1-3H3. The molecule has 3 aromatic rings. The summed E-state index contributed by atoms with van der Waals surface area (Å²) in [4.78, 5) is 35.1. The number of amidine groups is 1. The average molecular weight is 650 g/mol. The molecule has 0 radical (unpaired) electrons. The van der Waals surface area contributed by atoms with Crippen molar-refractivity contribution in [3.8, 4) is 0 Å². The lowest BCUT2D eigenvalue weighted by Gasteiger charge is -2.47. The molecule has 0 bridgehead atoms. The summed E-state index contributed by atoms with van der Waals surface area (Å²) < 4.78 is 48.2. The lowest BCUT2D eigenvalue weighted by atomic mass is 9.68. The normalized spacial score (nSPS) is 23.6. The zero-order valence-electron chi connectivity index (χ0n) is 26.5. The van der Waals surface area contributed by atoms with E-state index in [1.165, 1.54) is 0 Å². The SMILES string of the molecule is CC(C)(C)OC(=O)N1CCCC2(CC(c3cccc(N4C(C(F)(F)F)=NNN4OCc4ccccc4)c3)CC2=O)C1c1ccccc1. The summed E-state index contributed by atoms with van der Waals surface area (Å²) in [7, 11) is 0. The fourth-order valence-corrected chi connectivity index (χ4v) is 6.96. The fourth-order valence-electron chi connectivity index (χ4n) is 6.96. The van der Waals surface area contributed by atoms with E-state index in [1.54, 1.807) is 35.2 Å². The van der Waals surface area contributed by atoms with Crippen LogP contribution in [-0.2, 0) is 21.0 Å². The first-order valence-electron chi connectivity index (χ1n) is 15.7. The Morgan fingerprint density at radius 3 is 2.34 bits per heavy atom. The third kappa shape index (κ3) is 6.70. The summed E-state index contributed by atoms with van der Waals surface area (Å²) in [5, 5.41) is 5.23. The van der Waals surface area contributed by atoms with Crippen molar-refractivity contribution in [3.05, 3.63) is 102 Å². The van der Waals surface area contributed by atoms with Crippen molar-refractivity contribution in [1.29, 1.82) is 0 Å². The molecule has 2 heterocycles. The highest BCUT2D eigenvalue weighted by atomic mass is 19.4. The van der Waals surface area contributed by atoms with Gasteiger partial charge in [-0.3, -0.25) is 9.63 Å². The molecule has 6 rings (SSSR count). The summed E-state index contributed by atoms with van der Waals surface area (Å²) in [6, 6.07) is 24.7. The summed E-state index contributed by atoms with van der Waals surface area (Å²) in [6.07, 6.45) is -3.41. The van der Waals surface area contributed by atoms with E-state index < -0.39 is 35.2 Å². The van der Waals surface area contributed by atoms with E-state index in [0.29, 0.717) is 31.4 Å². The summed E-state index contributed by atoms with van der Waals surface area (Å²) >= 11 is 0. The van der Waals surface area contributed by atoms with E-state index in [1.807, 2.05) is 75.4 Å². The zero-order valence-corrected chi connectivity index (χ0v) is 26.5. The van der Waals surface area contributed by atoms with Gasteiger partial charge in [-0.2, -0.15) is 18.7 Å². The number of carbonyl (C=O) groups is 2. The molecule has 1 N–H and O–H groups in total. The summed E-state index contributed by atoms with van der Waals surface area (Å²) in [5.74, 6) is -1.44. The molecule has 12 heteroatoms. The third-order valence-electron chi connectivity index (χ3n) is 8.86. The van der Waals surface area contributed by atoms with Crippen LogP contribution in [0.25, 0.3) is 0 Å². The molecule has 3 atom stereocenters. The van der Waals surface area contributed by atoms with Gasteiger partial charge in [0.05, 0.1) is 23.8 Å². The number of nitrogens with one attached hydrogen (secondary N) is 1. The second-order valence-corrected chi connectivity index (χ2v) is 13.2. The maximum atomic E-state index is 14.2. The first kappa shape index (κ1) is 32.5. The molecular formula is C35H38F3N5O4. The molecule has 2 aliphatic heterocycles. The molecular weight excluding hydrogens is 611 g/mol. The number of halogens is 3. The number of alkyl halides is 3. The highest BCUT2D eigenvalue weighted by Gasteiger charge is 2.57. The van der Waals surface area contributed by atoms with Gasteiger partial charge >= 0.3 is 12.3 Å². The van der Waals surface area contributed by atoms with Gasteiger partial charge in [-0.1, -0.05) is 72.8 Å². The lowest BCUT2D eigenvalue weighted by molar-refractivity contribution is -0.198. The van der Waals surface area contributed by atoms with E-state index >= 15 is 0 Å². The largest absolute Gasteiger partial charge is 0.453 e. The number of amides is 1. The van der Waals surface area contributed by atoms with Gasteiger partial charge < -0.3 is 9.64 Å². The number of anilines is 1. The van der Waals surface area contributed by atoms with Crippen molar-refractivity contribution in [3.63, 3.8) is 0 Å². The number of hydrogen-bond acceptors (Lipinski definition) is 8. The Bertz CT molecular complexity index is 1630. The van der Waals surface area contributed by atoms with Crippen LogP contribution in [0.1, 0.15) is 75.1 Å². The number of carbonyl (C=O) groups excluding carboxylic acids is 2. The Morgan fingerprint density at radius 1 is 0.979 bits per heavy atom. The van der Waals surface area contributed by atoms with Gasteiger partial charge in [0.15, 0.2) is 0 Å². The second-order valence-electron chi connectivity index (χ2n) is 13.2. The quantitative estimate of drug-likeness (QED) is 0.297. The van der Waals surface area contributed by atoms with Crippen molar-refractivity contribution in [2.75, 3.05) is 11.6 Å². The van der Waals surface area contributed by atoms with Crippen molar-refractivity contribution in [1.82, 2.24) is 15.7 Å². The van der Waals surface area contributed by atoms with Crippen LogP contribution in [0.15, 0.2) is 90.0 Å². The number of hydrogen-bond donors (Lipinski definition) is 1. The molecule has 9 nitrogen and oxygen atoms in total. The van der Waals surface area contributed by atoms with Gasteiger partial charge in [0, 0.05) is 18.2 Å². The minimum atomic E-state index is -4.78. The maximum Gasteiger partial charge on any atom is 0.453 e. The highest BCUT2D eigenvalue weighted by molar-refractivity contribution is 6.01. The number of ketones is 1. The number of benzene rings is 3. The fraction of sp³-hybridized carbons (Fsp3) is 0.400. The molecule has 1 spiro atoms. The predicted molar refractivity (Wildman–Crippen MR) is 169 cm³/mol. The minimum Gasteiger partial charge on any atom is -0.444 e. The van der Waals surface area contributed by atoms with E-state index in [0.717, 1.165) is 21.4 Å². The van der Waals surface area contributed by atoms with Gasteiger partial charge in [-0.25, -0.2) is 9.80 Å². The van der Waals surface area contributed by atoms with Gasteiger partial charge in [0.2, 0.25) is 0 Å². The summed E-state index contributed by atoms with van der Waals surface area (Å²) in [5.41, 5.74) is 3.23. The van der Waals surface area contributed by atoms with Crippen LogP contribution in [-0.4, -0.2) is 46.2 Å². The van der Waals surface area contributed by atoms with Gasteiger partial charge in [-0.15, -0.1) is 5.10 Å². The molecule has 1 amide bonds. The molecule has 3 aliphatic rings. The minimum absolute atomic E-state index is 0.000638. The number of hydrazone groups is 1. The molecule has 47 heavy (non-hydrogen) atoms. The van der Waals surface area contributed by atoms with E-state index in [4.69, 9.17) is 9.57 Å². The summed E-state index contributed by atoms with van der Waals surface area (Å²) in [6.45, 7) is 5.88. The van der Waals surface area contributed by atoms with Crippen molar-refractivity contribution >= 4 is 23.4 Å². The van der Waals surface area contributed by atoms with E-state index in [2.05, 4.69) is 10.6 Å². The number of piperidine rings is 1. The maximum absolute atomic E-state index is 14.2. The van der Waals surface area contributed by atoms with Crippen LogP contribution in [0, 0.1) is 5.41 Å². The highest BCUT2D eigenvalue weighted by Crippen LogP contribution is 2.58. The van der Waals surface area contributed by atoms with Crippen LogP contribution in [0.2, 0.25) is 0 Å². The van der Waals surface area contributed by atoms with Gasteiger partial charge in [0.1, 0.15) is 11.4 Å². The molecule has 3 unspecified atom stereocenters. The number of hydrazine groups is 2. The topological polar surface area (TPSA) is 86.7 Å². The monoisotopic (exact) mass is 649 g/mol. The smallest absolute Gasteiger partial charge is 0.444 e. The zero-order chi connectivity index (χ0) is 33.4. The number of likely N-dealkylation sites (tertiary alicyclic amines) is 1. The van der Waals surface area contributed by atoms with E-state index in [-0.39, 0.29) is 30.4 Å². The predicted octanol–water partition coefficient (Wildman–Crippen LogP) is 7.44. The van der Waals surface area contributed by atoms with Crippen LogP contribution >= 0.6 is 0 Å². The molecule has 0 aromatic heterocycles. The van der Waals surface area contributed by atoms with Crippen molar-refractivity contribution < 1.29 is 32.3 Å². The number of ether oxygens (including phenoxy) is 1. The van der Waals surface area contributed by atoms with Crippen LogP contribution in [0.3, 0.4) is 0 Å².